The molecule has 0 aliphatic carbocycles. The minimum Gasteiger partial charge on any atom is -0.396 e. The molecule has 1 aliphatic rings. The van der Waals surface area contributed by atoms with Crippen molar-refractivity contribution in [1.82, 2.24) is 14.8 Å². The number of primary amides is 1. The summed E-state index contributed by atoms with van der Waals surface area (Å²) in [4.78, 5) is 30.6. The molecule has 5 N–H and O–H groups in total. The van der Waals surface area contributed by atoms with Crippen LogP contribution in [-0.2, 0) is 4.79 Å². The summed E-state index contributed by atoms with van der Waals surface area (Å²) in [7, 11) is 0. The predicted octanol–water partition coefficient (Wildman–Crippen LogP) is 1.86. The molecule has 0 unspecified atom stereocenters. The van der Waals surface area contributed by atoms with E-state index in [0.717, 1.165) is 5.69 Å². The summed E-state index contributed by atoms with van der Waals surface area (Å²) in [5.41, 5.74) is 13.6. The summed E-state index contributed by atoms with van der Waals surface area (Å²) in [6.07, 6.45) is 4.59. The van der Waals surface area contributed by atoms with Crippen molar-refractivity contribution in [3.8, 4) is 5.13 Å². The molecule has 0 atom stereocenters. The number of amides is 2. The van der Waals surface area contributed by atoms with E-state index in [1.54, 1.807) is 11.6 Å². The number of nitrogen functional groups attached to an aromatic ring is 1. The van der Waals surface area contributed by atoms with Crippen LogP contribution in [0.4, 0.5) is 17.1 Å². The summed E-state index contributed by atoms with van der Waals surface area (Å²) in [5.74, 6) is -0.630. The van der Waals surface area contributed by atoms with Gasteiger partial charge in [-0.15, -0.1) is 11.3 Å². The molecular weight excluding hydrogens is 390 g/mol. The van der Waals surface area contributed by atoms with E-state index < -0.39 is 0 Å². The number of nitrogens with one attached hydrogen (secondary N) is 1. The number of aromatic nitrogens is 3. The Morgan fingerprint density at radius 1 is 1.21 bits per heavy atom. The fourth-order valence-corrected chi connectivity index (χ4v) is 4.10. The fraction of sp³-hybridized carbons (Fsp3) is 0.263. The molecule has 0 saturated carbocycles. The van der Waals surface area contributed by atoms with Crippen LogP contribution in [0.2, 0.25) is 0 Å². The number of carbonyl (C=O) groups is 2. The van der Waals surface area contributed by atoms with Crippen LogP contribution in [0.1, 0.15) is 23.3 Å². The number of benzene rings is 1. The minimum atomic E-state index is -0.299. The second-order valence-electron chi connectivity index (χ2n) is 6.87. The molecule has 1 aromatic carbocycles. The first-order valence-electron chi connectivity index (χ1n) is 9.22. The average Bonchev–Trinajstić information content (AvgIpc) is 3.37. The van der Waals surface area contributed by atoms with Gasteiger partial charge in [0.2, 0.25) is 11.0 Å². The Bertz CT molecular complexity index is 1040. The second kappa shape index (κ2) is 7.92. The fourth-order valence-electron chi connectivity index (χ4n) is 3.36. The first kappa shape index (κ1) is 18.9. The van der Waals surface area contributed by atoms with Crippen LogP contribution < -0.4 is 21.7 Å². The third-order valence-corrected chi connectivity index (χ3v) is 5.74. The number of piperidine rings is 1. The molecule has 2 aromatic heterocycles. The summed E-state index contributed by atoms with van der Waals surface area (Å²) in [6.45, 7) is 1.42. The lowest BCUT2D eigenvalue weighted by atomic mass is 9.96. The highest BCUT2D eigenvalue weighted by atomic mass is 32.1. The zero-order valence-electron chi connectivity index (χ0n) is 15.6. The molecule has 0 bridgehead atoms. The predicted molar refractivity (Wildman–Crippen MR) is 112 cm³/mol. The van der Waals surface area contributed by atoms with Crippen molar-refractivity contribution in [2.24, 2.45) is 11.7 Å². The highest BCUT2D eigenvalue weighted by Gasteiger charge is 2.25. The van der Waals surface area contributed by atoms with Crippen molar-refractivity contribution in [2.75, 3.05) is 29.0 Å². The molecule has 1 fully saturated rings. The van der Waals surface area contributed by atoms with E-state index in [0.29, 0.717) is 48.1 Å². The Balaban J connectivity index is 1.48. The van der Waals surface area contributed by atoms with Gasteiger partial charge in [-0.25, -0.2) is 9.67 Å². The van der Waals surface area contributed by atoms with Gasteiger partial charge < -0.3 is 21.7 Å². The lowest BCUT2D eigenvalue weighted by Crippen LogP contribution is -2.38. The van der Waals surface area contributed by atoms with Gasteiger partial charge in [-0.2, -0.15) is 5.10 Å². The summed E-state index contributed by atoms with van der Waals surface area (Å²) in [6, 6.07) is 7.61. The summed E-state index contributed by atoms with van der Waals surface area (Å²) >= 11 is 1.31. The molecule has 4 rings (SSSR count). The van der Waals surface area contributed by atoms with Gasteiger partial charge in [0.05, 0.1) is 29.5 Å². The van der Waals surface area contributed by atoms with Crippen molar-refractivity contribution in [3.63, 3.8) is 0 Å². The Hall–Kier alpha value is -3.40. The number of para-hydroxylation sites is 2. The number of rotatable bonds is 5. The van der Waals surface area contributed by atoms with E-state index in [4.69, 9.17) is 11.5 Å². The zero-order valence-corrected chi connectivity index (χ0v) is 16.4. The van der Waals surface area contributed by atoms with E-state index in [9.17, 15) is 9.59 Å². The Labute approximate surface area is 171 Å². The number of carbonyl (C=O) groups excluding carboxylic acids is 2. The molecule has 1 saturated heterocycles. The molecule has 0 spiro atoms. The standard InChI is InChI=1S/C19H21N7O2S/c20-13-9-22-26(10-13)19-24-15(11-29-19)18(28)23-14-3-1-2-4-16(14)25-7-5-12(6-8-25)17(21)27/h1-4,9-12H,5-8,20H2,(H2,21,27)(H,23,28). The highest BCUT2D eigenvalue weighted by Crippen LogP contribution is 2.30. The molecule has 10 heteroatoms. The molecule has 3 heterocycles. The van der Waals surface area contributed by atoms with Gasteiger partial charge >= 0.3 is 0 Å². The number of hydrogen-bond acceptors (Lipinski definition) is 7. The quantitative estimate of drug-likeness (QED) is 0.587. The van der Waals surface area contributed by atoms with Crippen LogP contribution >= 0.6 is 11.3 Å². The zero-order chi connectivity index (χ0) is 20.4. The molecule has 1 aliphatic heterocycles. The van der Waals surface area contributed by atoms with Gasteiger partial charge in [0, 0.05) is 24.4 Å². The maximum atomic E-state index is 12.7. The van der Waals surface area contributed by atoms with E-state index in [-0.39, 0.29) is 17.7 Å². The summed E-state index contributed by atoms with van der Waals surface area (Å²) in [5, 5.41) is 9.30. The summed E-state index contributed by atoms with van der Waals surface area (Å²) < 4.78 is 1.54. The molecule has 0 radical (unpaired) electrons. The second-order valence-corrected chi connectivity index (χ2v) is 7.71. The number of thiazole rings is 1. The number of anilines is 3. The van der Waals surface area contributed by atoms with E-state index in [1.165, 1.54) is 22.2 Å². The number of nitrogens with zero attached hydrogens (tertiary/aromatic N) is 4. The third kappa shape index (κ3) is 4.06. The van der Waals surface area contributed by atoms with E-state index in [1.807, 2.05) is 24.3 Å². The first-order chi connectivity index (χ1) is 14.0. The first-order valence-corrected chi connectivity index (χ1v) is 10.1. The monoisotopic (exact) mass is 411 g/mol. The highest BCUT2D eigenvalue weighted by molar-refractivity contribution is 7.12. The smallest absolute Gasteiger partial charge is 0.275 e. The van der Waals surface area contributed by atoms with E-state index in [2.05, 4.69) is 20.3 Å². The molecule has 150 valence electrons. The number of hydrogen-bond donors (Lipinski definition) is 3. The maximum Gasteiger partial charge on any atom is 0.275 e. The van der Waals surface area contributed by atoms with Crippen LogP contribution in [0.3, 0.4) is 0 Å². The largest absolute Gasteiger partial charge is 0.396 e. The normalized spacial score (nSPS) is 14.7. The van der Waals surface area contributed by atoms with Crippen molar-refractivity contribution < 1.29 is 9.59 Å². The lowest BCUT2D eigenvalue weighted by Gasteiger charge is -2.33. The number of nitrogens with two attached hydrogens (primary N) is 2. The average molecular weight is 411 g/mol. The third-order valence-electron chi connectivity index (χ3n) is 4.91. The van der Waals surface area contributed by atoms with Crippen LogP contribution in [0.25, 0.3) is 5.13 Å². The van der Waals surface area contributed by atoms with Crippen molar-refractivity contribution >= 4 is 40.2 Å². The van der Waals surface area contributed by atoms with Gasteiger partial charge in [-0.05, 0) is 25.0 Å². The van der Waals surface area contributed by atoms with Crippen molar-refractivity contribution in [2.45, 2.75) is 12.8 Å². The topological polar surface area (TPSA) is 132 Å². The molecular formula is C19H21N7O2S. The maximum absolute atomic E-state index is 12.7. The Morgan fingerprint density at radius 3 is 2.66 bits per heavy atom. The van der Waals surface area contributed by atoms with E-state index >= 15 is 0 Å². The Morgan fingerprint density at radius 2 is 1.97 bits per heavy atom. The van der Waals surface area contributed by atoms with Crippen LogP contribution in [0.15, 0.2) is 42.0 Å². The SMILES string of the molecule is NC(=O)C1CCN(c2ccccc2NC(=O)c2csc(-n3cc(N)cn3)n2)CC1. The van der Waals surface area contributed by atoms with Gasteiger partial charge in [0.25, 0.3) is 5.91 Å². The van der Waals surface area contributed by atoms with Gasteiger partial charge in [-0.3, -0.25) is 9.59 Å². The van der Waals surface area contributed by atoms with Crippen LogP contribution in [0, 0.1) is 5.92 Å². The van der Waals surface area contributed by atoms with Gasteiger partial charge in [0.15, 0.2) is 0 Å². The Kier molecular flexibility index (Phi) is 5.17. The van der Waals surface area contributed by atoms with Gasteiger partial charge in [-0.1, -0.05) is 12.1 Å². The molecule has 2 amide bonds. The van der Waals surface area contributed by atoms with Crippen molar-refractivity contribution in [3.05, 3.63) is 47.7 Å². The lowest BCUT2D eigenvalue weighted by molar-refractivity contribution is -0.122. The van der Waals surface area contributed by atoms with Crippen LogP contribution in [0.5, 0.6) is 0 Å². The molecule has 9 nitrogen and oxygen atoms in total. The van der Waals surface area contributed by atoms with Gasteiger partial charge in [0.1, 0.15) is 5.69 Å². The minimum absolute atomic E-state index is 0.0854. The van der Waals surface area contributed by atoms with Crippen LogP contribution in [-0.4, -0.2) is 39.7 Å². The molecule has 3 aromatic rings. The van der Waals surface area contributed by atoms with Crippen molar-refractivity contribution in [1.29, 1.82) is 0 Å². The molecule has 29 heavy (non-hydrogen) atoms.